The van der Waals surface area contributed by atoms with Gasteiger partial charge in [0, 0.05) is 0 Å². The van der Waals surface area contributed by atoms with Crippen molar-refractivity contribution < 1.29 is 0 Å². The van der Waals surface area contributed by atoms with Crippen LogP contribution in [0.15, 0.2) is 22.9 Å². The zero-order valence-electron chi connectivity index (χ0n) is 8.72. The highest BCUT2D eigenvalue weighted by Gasteiger charge is 1.58. The summed E-state index contributed by atoms with van der Waals surface area (Å²) in [6.07, 6.45) is 0. The zero-order chi connectivity index (χ0) is 9.54. The second-order valence-corrected chi connectivity index (χ2v) is 1.61. The minimum absolute atomic E-state index is 1.71. The average molecular weight is 174 g/mol. The molecule has 0 spiro atoms. The van der Waals surface area contributed by atoms with Gasteiger partial charge < -0.3 is 0 Å². The van der Waals surface area contributed by atoms with Crippen molar-refractivity contribution in [3.63, 3.8) is 0 Å². The molecule has 1 heteroatoms. The van der Waals surface area contributed by atoms with Gasteiger partial charge in [0.15, 0.2) is 0 Å². The molecule has 0 unspecified atom stereocenters. The third-order valence-electron chi connectivity index (χ3n) is 0.425. The molecule has 0 bridgehead atoms. The van der Waals surface area contributed by atoms with Crippen molar-refractivity contribution in [3.8, 4) is 0 Å². The van der Waals surface area contributed by atoms with Crippen molar-refractivity contribution in [1.29, 1.82) is 0 Å². The molecule has 0 saturated heterocycles. The third-order valence-corrected chi connectivity index (χ3v) is 1.05. The normalized spacial score (nSPS) is 5.27. The molecule has 11 heavy (non-hydrogen) atoms. The molecule has 0 aliphatic carbocycles. The van der Waals surface area contributed by atoms with E-state index in [-0.39, 0.29) is 0 Å². The van der Waals surface area contributed by atoms with Crippen molar-refractivity contribution >= 4 is 11.3 Å². The van der Waals surface area contributed by atoms with Gasteiger partial charge in [-0.25, -0.2) is 0 Å². The second-order valence-electron chi connectivity index (χ2n) is 0.793. The summed E-state index contributed by atoms with van der Waals surface area (Å²) in [6.45, 7) is 12.0. The van der Waals surface area contributed by atoms with Crippen molar-refractivity contribution in [1.82, 2.24) is 0 Å². The topological polar surface area (TPSA) is 0 Å². The Balaban J connectivity index is -0.0000000933. The van der Waals surface area contributed by atoms with E-state index in [0.29, 0.717) is 0 Å². The molecule has 0 nitrogen and oxygen atoms in total. The molecule has 68 valence electrons. The van der Waals surface area contributed by atoms with E-state index in [1.165, 1.54) is 0 Å². The Hall–Kier alpha value is -0.300. The fraction of sp³-hybridized carbons (Fsp3) is 0.600. The van der Waals surface area contributed by atoms with Gasteiger partial charge in [0.2, 0.25) is 0 Å². The fourth-order valence-corrected chi connectivity index (χ4v) is 0.680. The summed E-state index contributed by atoms with van der Waals surface area (Å²) in [4.78, 5) is 0. The van der Waals surface area contributed by atoms with Crippen molar-refractivity contribution in [2.24, 2.45) is 0 Å². The molecule has 0 amide bonds. The van der Waals surface area contributed by atoms with Gasteiger partial charge in [0.05, 0.1) is 0 Å². The van der Waals surface area contributed by atoms with Crippen LogP contribution in [-0.4, -0.2) is 0 Å². The highest BCUT2D eigenvalue weighted by atomic mass is 32.1. The average Bonchev–Trinajstić information content (AvgIpc) is 2.71. The van der Waals surface area contributed by atoms with Crippen LogP contribution in [0, 0.1) is 0 Å². The predicted molar refractivity (Wildman–Crippen MR) is 58.4 cm³/mol. The Morgan fingerprint density at radius 3 is 1.00 bits per heavy atom. The largest absolute Gasteiger partial charge is 0.152 e. The maximum Gasteiger partial charge on any atom is -0.00934 e. The lowest BCUT2D eigenvalue weighted by molar-refractivity contribution is 1.50. The lowest BCUT2D eigenvalue weighted by atomic mass is 10.7. The molecule has 0 aliphatic heterocycles. The van der Waals surface area contributed by atoms with Crippen LogP contribution in [0.4, 0.5) is 0 Å². The van der Waals surface area contributed by atoms with Gasteiger partial charge in [0.25, 0.3) is 0 Å². The SMILES string of the molecule is CC.CC.CC.c1ccsc1. The van der Waals surface area contributed by atoms with Gasteiger partial charge in [-0.1, -0.05) is 53.7 Å². The molecular weight excluding hydrogens is 152 g/mol. The summed E-state index contributed by atoms with van der Waals surface area (Å²) in [5, 5.41) is 4.08. The van der Waals surface area contributed by atoms with Crippen LogP contribution in [0.2, 0.25) is 0 Å². The Bertz CT molecular complexity index is 61.3. The van der Waals surface area contributed by atoms with Crippen molar-refractivity contribution in [2.45, 2.75) is 41.5 Å². The zero-order valence-corrected chi connectivity index (χ0v) is 9.53. The maximum atomic E-state index is 2.04. The van der Waals surface area contributed by atoms with Crippen LogP contribution in [0.25, 0.3) is 0 Å². The van der Waals surface area contributed by atoms with Gasteiger partial charge in [-0.05, 0) is 10.8 Å². The lowest BCUT2D eigenvalue weighted by Crippen LogP contribution is -1.16. The summed E-state index contributed by atoms with van der Waals surface area (Å²) in [6, 6.07) is 4.04. The minimum Gasteiger partial charge on any atom is -0.152 e. The summed E-state index contributed by atoms with van der Waals surface area (Å²) in [5.74, 6) is 0. The quantitative estimate of drug-likeness (QED) is 0.528. The molecule has 0 N–H and O–H groups in total. The van der Waals surface area contributed by atoms with Crippen molar-refractivity contribution in [3.05, 3.63) is 22.9 Å². The Labute approximate surface area is 76.3 Å². The van der Waals surface area contributed by atoms with Gasteiger partial charge in [-0.2, -0.15) is 11.3 Å². The molecule has 0 atom stereocenters. The highest BCUT2D eigenvalue weighted by molar-refractivity contribution is 7.07. The van der Waals surface area contributed by atoms with Gasteiger partial charge in [0.1, 0.15) is 0 Å². The van der Waals surface area contributed by atoms with E-state index < -0.39 is 0 Å². The fourth-order valence-electron chi connectivity index (χ4n) is 0.227. The Morgan fingerprint density at radius 1 is 0.636 bits per heavy atom. The van der Waals surface area contributed by atoms with E-state index in [1.54, 1.807) is 11.3 Å². The summed E-state index contributed by atoms with van der Waals surface area (Å²) < 4.78 is 0. The number of rotatable bonds is 0. The first-order valence-corrected chi connectivity index (χ1v) is 5.41. The predicted octanol–water partition coefficient (Wildman–Crippen LogP) is 4.83. The number of thiophene rings is 1. The monoisotopic (exact) mass is 174 g/mol. The third kappa shape index (κ3) is 26.0. The van der Waals surface area contributed by atoms with Crippen LogP contribution in [0.1, 0.15) is 41.5 Å². The van der Waals surface area contributed by atoms with Gasteiger partial charge in [-0.3, -0.25) is 0 Å². The van der Waals surface area contributed by atoms with E-state index in [0.717, 1.165) is 0 Å². The van der Waals surface area contributed by atoms with Crippen LogP contribution >= 0.6 is 11.3 Å². The number of hydrogen-bond donors (Lipinski definition) is 0. The molecule has 1 aromatic heterocycles. The summed E-state index contributed by atoms with van der Waals surface area (Å²) >= 11 is 1.71. The van der Waals surface area contributed by atoms with Crippen LogP contribution in [0.3, 0.4) is 0 Å². The molecule has 0 fully saturated rings. The van der Waals surface area contributed by atoms with E-state index in [1.807, 2.05) is 64.4 Å². The van der Waals surface area contributed by atoms with Crippen molar-refractivity contribution in [2.75, 3.05) is 0 Å². The first kappa shape index (κ1) is 17.0. The maximum absolute atomic E-state index is 2.04. The van der Waals surface area contributed by atoms with Crippen LogP contribution in [-0.2, 0) is 0 Å². The minimum atomic E-state index is 1.71. The molecule has 0 aliphatic rings. The van der Waals surface area contributed by atoms with E-state index in [4.69, 9.17) is 0 Å². The summed E-state index contributed by atoms with van der Waals surface area (Å²) in [7, 11) is 0. The van der Waals surface area contributed by atoms with Crippen LogP contribution in [0.5, 0.6) is 0 Å². The number of hydrogen-bond acceptors (Lipinski definition) is 1. The van der Waals surface area contributed by atoms with E-state index >= 15 is 0 Å². The molecule has 0 saturated carbocycles. The standard InChI is InChI=1S/C4H4S.3C2H6/c1-2-4-5-3-1;3*1-2/h1-4H;3*1-2H3. The lowest BCUT2D eigenvalue weighted by Gasteiger charge is -1.39. The molecule has 0 aromatic carbocycles. The second kappa shape index (κ2) is 33.2. The Morgan fingerprint density at radius 2 is 0.909 bits per heavy atom. The van der Waals surface area contributed by atoms with Crippen LogP contribution < -0.4 is 0 Å². The summed E-state index contributed by atoms with van der Waals surface area (Å²) in [5.41, 5.74) is 0. The molecule has 1 aromatic rings. The van der Waals surface area contributed by atoms with Gasteiger partial charge in [-0.15, -0.1) is 0 Å². The van der Waals surface area contributed by atoms with E-state index in [9.17, 15) is 0 Å². The smallest absolute Gasteiger partial charge is 0.00934 e. The molecular formula is C10H22S. The molecule has 1 rings (SSSR count). The highest BCUT2D eigenvalue weighted by Crippen LogP contribution is 1.91. The molecule has 0 radical (unpaired) electrons. The molecule has 1 heterocycles. The first-order valence-electron chi connectivity index (χ1n) is 4.47. The first-order chi connectivity index (χ1) is 5.50. The van der Waals surface area contributed by atoms with E-state index in [2.05, 4.69) is 0 Å². The Kier molecular flexibility index (Phi) is 51.3. The van der Waals surface area contributed by atoms with Gasteiger partial charge >= 0.3 is 0 Å².